The maximum absolute atomic E-state index is 15.6. The number of amides is 1. The summed E-state index contributed by atoms with van der Waals surface area (Å²) < 4.78 is 48.9. The van der Waals surface area contributed by atoms with Crippen LogP contribution < -0.4 is 10.1 Å². The van der Waals surface area contributed by atoms with E-state index in [1.54, 1.807) is 65.0 Å². The molecule has 17 heteroatoms. The van der Waals surface area contributed by atoms with Crippen molar-refractivity contribution in [2.75, 3.05) is 6.61 Å². The number of benzene rings is 1. The highest BCUT2D eigenvalue weighted by atomic mass is 16.8. The van der Waals surface area contributed by atoms with Crippen molar-refractivity contribution < 1.29 is 76.9 Å². The molecule has 2 saturated heterocycles. The molecule has 1 spiro atoms. The van der Waals surface area contributed by atoms with E-state index in [-0.39, 0.29) is 42.3 Å². The van der Waals surface area contributed by atoms with E-state index in [0.29, 0.717) is 0 Å². The molecule has 2 saturated carbocycles. The third-order valence-corrected chi connectivity index (χ3v) is 12.7. The SMILES string of the molecule is CC(=O)O[C@H]1C(=O)[C@@]2(C)C([C@H](Oc3ccccc3)[C@]34OC(=O)O[C@H]3[C@H](OC(=O)[C@H](O)[C@H](CC(C)C)NC(=O)OC(C)(C)C)C(C)=C1C4(C)C)[C@]1(OC(C)=O)COC1C[C@@H]2O. The molecular weight excluding hydrogens is 786 g/mol. The molecule has 12 atom stereocenters. The number of aliphatic hydroxyl groups is 2. The number of nitrogens with one attached hydrogen (secondary N) is 1. The third kappa shape index (κ3) is 7.29. The smallest absolute Gasteiger partial charge is 0.486 e. The Kier molecular flexibility index (Phi) is 11.7. The van der Waals surface area contributed by atoms with Crippen LogP contribution in [0.5, 0.6) is 5.75 Å². The van der Waals surface area contributed by atoms with Gasteiger partial charge in [0.05, 0.1) is 30.1 Å². The molecular formula is C43H57NO16. The standard InChI is InChI=1S/C43H57NO16/c1-20(2)17-25(44-37(51)59-39(6,7)8)29(48)36(50)56-30-21(3)28-31(54-22(4)45)33(49)41(11)26(47)18-27-42(19-53-27,58-23(5)46)32(41)35(55-24-15-13-12-14-16-24)43(40(28,9)10)34(30)57-38(52)60-43/h12-16,20,25-27,29-32,34-35,47-48H,17-19H2,1-11H3,(H,44,51)/t25-,26-,27?,29+,30+,31+,32?,34-,35-,41+,42-,43+/m0/s1. The van der Waals surface area contributed by atoms with Gasteiger partial charge in [0, 0.05) is 25.7 Å². The molecule has 0 radical (unpaired) electrons. The van der Waals surface area contributed by atoms with Crippen LogP contribution in [0.3, 0.4) is 0 Å². The van der Waals surface area contributed by atoms with Crippen LogP contribution in [0.25, 0.3) is 0 Å². The quantitative estimate of drug-likeness (QED) is 0.172. The van der Waals surface area contributed by atoms with Gasteiger partial charge in [0.25, 0.3) is 0 Å². The lowest BCUT2D eigenvalue weighted by Crippen LogP contribution is -2.83. The van der Waals surface area contributed by atoms with Gasteiger partial charge in [-0.25, -0.2) is 14.4 Å². The highest BCUT2D eigenvalue weighted by molar-refractivity contribution is 5.95. The van der Waals surface area contributed by atoms with Gasteiger partial charge in [-0.3, -0.25) is 14.4 Å². The highest BCUT2D eigenvalue weighted by Gasteiger charge is 2.83. The lowest BCUT2D eigenvalue weighted by molar-refractivity contribution is -0.343. The minimum absolute atomic E-state index is 0.0530. The monoisotopic (exact) mass is 843 g/mol. The van der Waals surface area contributed by atoms with Crippen molar-refractivity contribution in [3.63, 3.8) is 0 Å². The minimum Gasteiger partial charge on any atom is -0.486 e. The molecule has 2 bridgehead atoms. The van der Waals surface area contributed by atoms with Crippen LogP contribution in [0.4, 0.5) is 9.59 Å². The summed E-state index contributed by atoms with van der Waals surface area (Å²) in [7, 11) is 0. The number of carbonyl (C=O) groups excluding carboxylic acids is 6. The molecule has 2 heterocycles. The molecule has 2 aliphatic heterocycles. The molecule has 5 aliphatic rings. The van der Waals surface area contributed by atoms with Gasteiger partial charge in [-0.1, -0.05) is 45.9 Å². The number of ether oxygens (including phenoxy) is 8. The summed E-state index contributed by atoms with van der Waals surface area (Å²) >= 11 is 0. The molecule has 17 nitrogen and oxygen atoms in total. The maximum Gasteiger partial charge on any atom is 0.509 e. The summed E-state index contributed by atoms with van der Waals surface area (Å²) in [5, 5.41) is 26.3. The van der Waals surface area contributed by atoms with E-state index in [4.69, 9.17) is 37.9 Å². The van der Waals surface area contributed by atoms with Crippen molar-refractivity contribution in [3.8, 4) is 5.75 Å². The zero-order valence-electron chi connectivity index (χ0n) is 35.9. The highest BCUT2D eigenvalue weighted by Crippen LogP contribution is 2.66. The van der Waals surface area contributed by atoms with Crippen LogP contribution in [0.15, 0.2) is 41.5 Å². The number of para-hydroxylation sites is 1. The molecule has 0 aromatic heterocycles. The molecule has 1 aromatic rings. The fourth-order valence-corrected chi connectivity index (χ4v) is 10.3. The van der Waals surface area contributed by atoms with E-state index < -0.39 is 118 Å². The number of aliphatic hydroxyl groups excluding tert-OH is 2. The van der Waals surface area contributed by atoms with Gasteiger partial charge in [-0.15, -0.1) is 0 Å². The number of carbonyl (C=O) groups is 6. The third-order valence-electron chi connectivity index (χ3n) is 12.7. The van der Waals surface area contributed by atoms with E-state index in [2.05, 4.69) is 5.32 Å². The number of hydrogen-bond acceptors (Lipinski definition) is 16. The molecule has 4 fully saturated rings. The normalized spacial score (nSPS) is 35.0. The van der Waals surface area contributed by atoms with Crippen molar-refractivity contribution in [3.05, 3.63) is 41.5 Å². The molecule has 330 valence electrons. The first-order valence-corrected chi connectivity index (χ1v) is 20.2. The van der Waals surface area contributed by atoms with E-state index in [0.717, 1.165) is 6.92 Å². The molecule has 2 unspecified atom stereocenters. The summed E-state index contributed by atoms with van der Waals surface area (Å²) in [6, 6.07) is 7.13. The number of fused-ring (bicyclic) bond motifs is 4. The molecule has 3 N–H and O–H groups in total. The fourth-order valence-electron chi connectivity index (χ4n) is 10.3. The summed E-state index contributed by atoms with van der Waals surface area (Å²) in [6.45, 7) is 16.9. The lowest BCUT2D eigenvalue weighted by Gasteiger charge is -2.67. The second-order valence-electron chi connectivity index (χ2n) is 18.7. The van der Waals surface area contributed by atoms with Crippen LogP contribution in [0, 0.1) is 22.7 Å². The van der Waals surface area contributed by atoms with E-state index in [9.17, 15) is 34.2 Å². The number of alkyl carbamates (subject to hydrolysis) is 1. The Bertz CT molecular complexity index is 1940. The number of ketones is 1. The van der Waals surface area contributed by atoms with Crippen LogP contribution in [-0.2, 0) is 52.3 Å². The van der Waals surface area contributed by atoms with Crippen LogP contribution in [0.2, 0.25) is 0 Å². The predicted molar refractivity (Wildman–Crippen MR) is 207 cm³/mol. The Hall–Kier alpha value is -4.74. The number of hydrogen-bond donors (Lipinski definition) is 3. The zero-order valence-corrected chi connectivity index (χ0v) is 35.9. The van der Waals surface area contributed by atoms with Crippen molar-refractivity contribution in [1.29, 1.82) is 0 Å². The Morgan fingerprint density at radius 1 is 1.00 bits per heavy atom. The summed E-state index contributed by atoms with van der Waals surface area (Å²) in [4.78, 5) is 82.8. The van der Waals surface area contributed by atoms with Crippen molar-refractivity contribution in [2.24, 2.45) is 22.7 Å². The average Bonchev–Trinajstić information content (AvgIpc) is 3.49. The molecule has 1 amide bonds. The van der Waals surface area contributed by atoms with Crippen LogP contribution >= 0.6 is 0 Å². The van der Waals surface area contributed by atoms with E-state index in [1.165, 1.54) is 20.8 Å². The topological polar surface area (TPSA) is 229 Å². The van der Waals surface area contributed by atoms with Crippen LogP contribution in [0.1, 0.15) is 89.0 Å². The predicted octanol–water partition coefficient (Wildman–Crippen LogP) is 3.88. The van der Waals surface area contributed by atoms with Gasteiger partial charge in [-0.05, 0) is 70.2 Å². The first kappa shape index (κ1) is 44.8. The van der Waals surface area contributed by atoms with Gasteiger partial charge in [-0.2, -0.15) is 0 Å². The fraction of sp³-hybridized carbons (Fsp3) is 0.674. The second kappa shape index (κ2) is 15.6. The van der Waals surface area contributed by atoms with Gasteiger partial charge in [0.15, 0.2) is 41.9 Å². The molecule has 60 heavy (non-hydrogen) atoms. The first-order valence-electron chi connectivity index (χ1n) is 20.2. The van der Waals surface area contributed by atoms with Gasteiger partial charge in [0.2, 0.25) is 5.60 Å². The second-order valence-corrected chi connectivity index (χ2v) is 18.7. The minimum atomic E-state index is -2.15. The molecule has 1 aromatic carbocycles. The van der Waals surface area contributed by atoms with Crippen LogP contribution in [-0.4, -0.2) is 118 Å². The maximum atomic E-state index is 15.6. The Morgan fingerprint density at radius 3 is 2.20 bits per heavy atom. The summed E-state index contributed by atoms with van der Waals surface area (Å²) in [5.74, 6) is -4.99. The van der Waals surface area contributed by atoms with Crippen molar-refractivity contribution >= 4 is 35.9 Å². The largest absolute Gasteiger partial charge is 0.509 e. The zero-order chi connectivity index (χ0) is 44.5. The summed E-state index contributed by atoms with van der Waals surface area (Å²) in [5.41, 5.74) is -8.14. The Balaban J connectivity index is 1.60. The average molecular weight is 844 g/mol. The Labute approximate surface area is 348 Å². The number of esters is 3. The van der Waals surface area contributed by atoms with Gasteiger partial charge in [0.1, 0.15) is 17.5 Å². The Morgan fingerprint density at radius 2 is 1.65 bits per heavy atom. The van der Waals surface area contributed by atoms with Gasteiger partial charge < -0.3 is 53.4 Å². The van der Waals surface area contributed by atoms with Crippen molar-refractivity contribution in [1.82, 2.24) is 5.32 Å². The lowest BCUT2D eigenvalue weighted by atomic mass is 9.44. The first-order chi connectivity index (χ1) is 27.8. The van der Waals surface area contributed by atoms with Crippen molar-refractivity contribution in [2.45, 2.75) is 155 Å². The number of rotatable bonds is 10. The van der Waals surface area contributed by atoms with E-state index in [1.807, 2.05) is 13.8 Å². The van der Waals surface area contributed by atoms with Gasteiger partial charge >= 0.3 is 30.2 Å². The summed E-state index contributed by atoms with van der Waals surface area (Å²) in [6.07, 6.45) is -13.3. The molecule has 6 rings (SSSR count). The number of Topliss-reactive ketones (excluding diaryl/α,β-unsaturated/α-hetero) is 1. The molecule has 3 aliphatic carbocycles. The van der Waals surface area contributed by atoms with E-state index >= 15 is 4.79 Å².